The molecule has 0 aliphatic rings. The van der Waals surface area contributed by atoms with Crippen LogP contribution in [-0.4, -0.2) is 5.91 Å². The smallest absolute Gasteiger partial charge is 0.255 e. The van der Waals surface area contributed by atoms with Crippen LogP contribution in [-0.2, 0) is 17.0 Å². The quantitative estimate of drug-likeness (QED) is 0.152. The van der Waals surface area contributed by atoms with Crippen molar-refractivity contribution < 1.29 is 21.8 Å². The number of rotatable bonds is 8. The van der Waals surface area contributed by atoms with Crippen molar-refractivity contribution in [3.63, 3.8) is 0 Å². The fourth-order valence-electron chi connectivity index (χ4n) is 8.25. The maximum Gasteiger partial charge on any atom is 0.255 e. The van der Waals surface area contributed by atoms with Crippen molar-refractivity contribution in [2.75, 3.05) is 5.32 Å². The van der Waals surface area contributed by atoms with Gasteiger partial charge in [-0.2, -0.15) is 0 Å². The van der Waals surface area contributed by atoms with E-state index < -0.39 is 7.26 Å². The summed E-state index contributed by atoms with van der Waals surface area (Å²) in [5, 5.41) is 11.9. The van der Waals surface area contributed by atoms with E-state index in [9.17, 15) is 4.79 Å². The summed E-state index contributed by atoms with van der Waals surface area (Å²) in [6.07, 6.45) is 0.829. The Morgan fingerprint density at radius 2 is 0.948 bits per heavy atom. The fraction of sp³-hybridized carbons (Fsp3) is 0.167. The van der Waals surface area contributed by atoms with Gasteiger partial charge in [-0.25, -0.2) is 0 Å². The van der Waals surface area contributed by atoms with Crippen molar-refractivity contribution in [2.45, 2.75) is 58.5 Å². The van der Waals surface area contributed by atoms with Crippen LogP contribution in [0.25, 0.3) is 32.7 Å². The second-order valence-corrected chi connectivity index (χ2v) is 20.7. The Hall–Kier alpha value is -5.34. The van der Waals surface area contributed by atoms with Crippen LogP contribution in [0.1, 0.15) is 68.6 Å². The molecule has 2 nitrogen and oxygen atoms in total. The van der Waals surface area contributed by atoms with Crippen molar-refractivity contribution in [3.05, 3.63) is 204 Å². The van der Waals surface area contributed by atoms with E-state index >= 15 is 0 Å². The van der Waals surface area contributed by atoms with Crippen LogP contribution in [0, 0.1) is 0 Å². The molecule has 0 aromatic heterocycles. The predicted molar refractivity (Wildman–Crippen MR) is 248 cm³/mol. The molecule has 0 unspecified atom stereocenters. The highest BCUT2D eigenvalue weighted by Crippen LogP contribution is 2.61. The van der Waals surface area contributed by atoms with Crippen LogP contribution in [0.5, 0.6) is 0 Å². The van der Waals surface area contributed by atoms with Gasteiger partial charge in [-0.3, -0.25) is 4.79 Å². The highest BCUT2D eigenvalue weighted by Gasteiger charge is 2.48. The number of nitrogens with one attached hydrogen (secondary N) is 1. The van der Waals surface area contributed by atoms with Gasteiger partial charge in [-0.05, 0) is 97.6 Å². The van der Waals surface area contributed by atoms with Gasteiger partial charge >= 0.3 is 0 Å². The first kappa shape index (κ1) is 40.8. The van der Waals surface area contributed by atoms with Crippen LogP contribution < -0.4 is 38.2 Å². The summed E-state index contributed by atoms with van der Waals surface area (Å²) in [5.41, 5.74) is 7.60. The van der Waals surface area contributed by atoms with Gasteiger partial charge in [0.2, 0.25) is 0 Å². The second kappa shape index (κ2) is 16.5. The van der Waals surface area contributed by atoms with Gasteiger partial charge in [0.25, 0.3) is 5.91 Å². The minimum absolute atomic E-state index is 0. The van der Waals surface area contributed by atoms with E-state index in [-0.39, 0.29) is 33.7 Å². The molecule has 0 heterocycles. The number of amides is 1. The lowest BCUT2D eigenvalue weighted by Crippen LogP contribution is -3.00. The number of anilines is 1. The first-order valence-corrected chi connectivity index (χ1v) is 22.0. The van der Waals surface area contributed by atoms with Crippen LogP contribution in [0.3, 0.4) is 0 Å². The van der Waals surface area contributed by atoms with Gasteiger partial charge in [0, 0.05) is 22.4 Å². The SMILES string of the molecule is CC(C)(C)c1cc(C[P+](c2ccccc2)(c2ccccc2)c2ccc3ccccc3c2-c2c(NC(=O)c3ccccc3)ccc3ccccc23)cc(C(C)(C)C)c1.[Br-]. The third kappa shape index (κ3) is 7.91. The Morgan fingerprint density at radius 1 is 0.500 bits per heavy atom. The molecule has 58 heavy (non-hydrogen) atoms. The van der Waals surface area contributed by atoms with Gasteiger partial charge in [-0.15, -0.1) is 0 Å². The summed E-state index contributed by atoms with van der Waals surface area (Å²) >= 11 is 0. The largest absolute Gasteiger partial charge is 1.00 e. The van der Waals surface area contributed by atoms with Crippen LogP contribution in [0.15, 0.2) is 182 Å². The van der Waals surface area contributed by atoms with Gasteiger partial charge in [0.15, 0.2) is 0 Å². The molecule has 0 atom stereocenters. The maximum absolute atomic E-state index is 14.1. The fourth-order valence-corrected chi connectivity index (χ4v) is 12.7. The van der Waals surface area contributed by atoms with Gasteiger partial charge in [0.05, 0.1) is 6.16 Å². The highest BCUT2D eigenvalue weighted by molar-refractivity contribution is 7.95. The Bertz CT molecular complexity index is 2640. The molecule has 8 rings (SSSR count). The number of benzene rings is 8. The van der Waals surface area contributed by atoms with Crippen LogP contribution in [0.2, 0.25) is 0 Å². The van der Waals surface area contributed by atoms with E-state index in [0.717, 1.165) is 44.5 Å². The van der Waals surface area contributed by atoms with Crippen LogP contribution in [0.4, 0.5) is 5.69 Å². The molecular weight excluding hydrogens is 789 g/mol. The molecule has 4 heteroatoms. The zero-order chi connectivity index (χ0) is 39.8. The normalized spacial score (nSPS) is 12.0. The number of hydrogen-bond donors (Lipinski definition) is 1. The molecule has 0 saturated carbocycles. The summed E-state index contributed by atoms with van der Waals surface area (Å²) in [5.74, 6) is -0.130. The molecule has 0 saturated heterocycles. The summed E-state index contributed by atoms with van der Waals surface area (Å²) in [6, 6.07) is 65.6. The van der Waals surface area contributed by atoms with Gasteiger partial charge in [0.1, 0.15) is 23.2 Å². The summed E-state index contributed by atoms with van der Waals surface area (Å²) in [7, 11) is -2.53. The number of carbonyl (C=O) groups excluding carboxylic acids is 1. The summed E-state index contributed by atoms with van der Waals surface area (Å²) in [4.78, 5) is 14.1. The standard InChI is InChI=1S/C54H50NOP.BrH/c1-53(2,3)42-34-38(35-43(36-42)54(4,5)6)37-57(44-24-12-8-13-25-44,45-26-14-9-15-27-45)49-33-31-40-21-17-19-29-47(40)51(49)50-46-28-18-16-20-39(46)30-32-48(50)55-52(56)41-22-10-7-11-23-41;/h7-36H,37H2,1-6H3;1H. The van der Waals surface area contributed by atoms with E-state index in [2.05, 4.69) is 199 Å². The second-order valence-electron chi connectivity index (χ2n) is 17.3. The zero-order valence-electron chi connectivity index (χ0n) is 34.3. The van der Waals surface area contributed by atoms with Crippen molar-refractivity contribution >= 4 is 56.3 Å². The molecule has 8 aromatic rings. The molecule has 0 spiro atoms. The minimum Gasteiger partial charge on any atom is -1.00 e. The van der Waals surface area contributed by atoms with Crippen molar-refractivity contribution in [2.24, 2.45) is 0 Å². The Kier molecular flexibility index (Phi) is 11.6. The van der Waals surface area contributed by atoms with E-state index in [0.29, 0.717) is 5.56 Å². The predicted octanol–water partition coefficient (Wildman–Crippen LogP) is 10.0. The Morgan fingerprint density at radius 3 is 1.47 bits per heavy atom. The lowest BCUT2D eigenvalue weighted by atomic mass is 9.80. The molecule has 1 N–H and O–H groups in total. The molecule has 0 bridgehead atoms. The third-order valence-corrected chi connectivity index (χ3v) is 15.7. The van der Waals surface area contributed by atoms with E-state index in [1.807, 2.05) is 30.3 Å². The zero-order valence-corrected chi connectivity index (χ0v) is 36.7. The summed E-state index contributed by atoms with van der Waals surface area (Å²) < 4.78 is 0. The van der Waals surface area contributed by atoms with Gasteiger partial charge < -0.3 is 22.3 Å². The third-order valence-electron chi connectivity index (χ3n) is 11.3. The van der Waals surface area contributed by atoms with Crippen molar-refractivity contribution in [1.82, 2.24) is 0 Å². The van der Waals surface area contributed by atoms with Crippen LogP contribution >= 0.6 is 7.26 Å². The molecule has 8 aromatic carbocycles. The minimum atomic E-state index is -2.53. The van der Waals surface area contributed by atoms with E-state index in [4.69, 9.17) is 0 Å². The number of carbonyl (C=O) groups is 1. The molecule has 0 radical (unpaired) electrons. The number of halogens is 1. The average molecular weight is 841 g/mol. The average Bonchev–Trinajstić information content (AvgIpc) is 3.23. The van der Waals surface area contributed by atoms with Crippen molar-refractivity contribution in [1.29, 1.82) is 0 Å². The first-order chi connectivity index (χ1) is 27.4. The first-order valence-electron chi connectivity index (χ1n) is 20.0. The van der Waals surface area contributed by atoms with E-state index in [1.54, 1.807) is 0 Å². The Labute approximate surface area is 355 Å². The molecular formula is C54H51BrNOP. The molecule has 1 amide bonds. The Balaban J connectivity index is 0.00000512. The lowest BCUT2D eigenvalue weighted by molar-refractivity contribution is -0.0000194. The number of fused-ring (bicyclic) bond motifs is 2. The highest BCUT2D eigenvalue weighted by atomic mass is 79.9. The monoisotopic (exact) mass is 839 g/mol. The maximum atomic E-state index is 14.1. The number of hydrogen-bond acceptors (Lipinski definition) is 1. The topological polar surface area (TPSA) is 29.1 Å². The summed E-state index contributed by atoms with van der Waals surface area (Å²) in [6.45, 7) is 13.9. The van der Waals surface area contributed by atoms with Crippen molar-refractivity contribution in [3.8, 4) is 11.1 Å². The molecule has 0 aliphatic heterocycles. The van der Waals surface area contributed by atoms with Gasteiger partial charge in [-0.1, -0.05) is 175 Å². The molecule has 0 fully saturated rings. The lowest BCUT2D eigenvalue weighted by Gasteiger charge is -2.32. The van der Waals surface area contributed by atoms with E-state index in [1.165, 1.54) is 32.6 Å². The molecule has 0 aliphatic carbocycles. The molecule has 290 valence electrons.